The molecule has 4 nitrogen and oxygen atoms in total. The van der Waals surface area contributed by atoms with E-state index in [9.17, 15) is 9.59 Å². The highest BCUT2D eigenvalue weighted by Crippen LogP contribution is 2.65. The van der Waals surface area contributed by atoms with Gasteiger partial charge in [-0.3, -0.25) is 14.5 Å². The lowest BCUT2D eigenvalue weighted by molar-refractivity contribution is -0.124. The van der Waals surface area contributed by atoms with Crippen LogP contribution in [-0.2, 0) is 9.59 Å². The van der Waals surface area contributed by atoms with E-state index in [2.05, 4.69) is 24.3 Å². The fraction of sp³-hybridized carbons (Fsp3) is 0.259. The molecule has 4 heteroatoms. The zero-order valence-corrected chi connectivity index (χ0v) is 16.8. The number of rotatable bonds is 3. The number of benzene rings is 3. The van der Waals surface area contributed by atoms with Gasteiger partial charge < -0.3 is 4.74 Å². The molecule has 5 aliphatic rings. The second-order valence-corrected chi connectivity index (χ2v) is 9.27. The van der Waals surface area contributed by atoms with Crippen molar-refractivity contribution in [2.75, 3.05) is 4.90 Å². The van der Waals surface area contributed by atoms with E-state index >= 15 is 0 Å². The van der Waals surface area contributed by atoms with Crippen molar-refractivity contribution in [3.63, 3.8) is 0 Å². The minimum Gasteiger partial charge on any atom is -0.457 e. The van der Waals surface area contributed by atoms with Gasteiger partial charge in [-0.2, -0.15) is 0 Å². The molecule has 2 saturated carbocycles. The van der Waals surface area contributed by atoms with Gasteiger partial charge in [-0.15, -0.1) is 0 Å². The van der Waals surface area contributed by atoms with Gasteiger partial charge in [-0.25, -0.2) is 0 Å². The molecule has 0 N–H and O–H groups in total. The predicted molar refractivity (Wildman–Crippen MR) is 118 cm³/mol. The van der Waals surface area contributed by atoms with Crippen molar-refractivity contribution < 1.29 is 14.3 Å². The van der Waals surface area contributed by atoms with E-state index in [1.807, 2.05) is 54.6 Å². The number of carbonyl (C=O) groups is 2. The van der Waals surface area contributed by atoms with E-state index < -0.39 is 0 Å². The van der Waals surface area contributed by atoms with E-state index in [1.165, 1.54) is 16.7 Å². The molecule has 6 atom stereocenters. The lowest BCUT2D eigenvalue weighted by Crippen LogP contribution is -2.40. The van der Waals surface area contributed by atoms with Crippen LogP contribution in [-0.4, -0.2) is 11.8 Å². The van der Waals surface area contributed by atoms with Crippen LogP contribution in [0.2, 0.25) is 0 Å². The summed E-state index contributed by atoms with van der Waals surface area (Å²) in [6, 6.07) is 21.4. The summed E-state index contributed by atoms with van der Waals surface area (Å²) in [5.41, 5.74) is 0.642. The Morgan fingerprint density at radius 1 is 0.710 bits per heavy atom. The molecule has 3 aromatic carbocycles. The minimum absolute atomic E-state index is 0.0251. The van der Waals surface area contributed by atoms with Gasteiger partial charge in [0.25, 0.3) is 0 Å². The third kappa shape index (κ3) is 2.42. The maximum Gasteiger partial charge on any atom is 0.238 e. The minimum atomic E-state index is -0.167. The van der Waals surface area contributed by atoms with Gasteiger partial charge in [-0.05, 0) is 77.3 Å². The Labute approximate surface area is 180 Å². The maximum absolute atomic E-state index is 13.2. The molecule has 4 aliphatic carbocycles. The number of carbonyl (C=O) groups excluding carboxylic acids is 2. The zero-order valence-electron chi connectivity index (χ0n) is 16.8. The molecular weight excluding hydrogens is 386 g/mol. The van der Waals surface area contributed by atoms with E-state index in [-0.39, 0.29) is 35.5 Å². The third-order valence-electron chi connectivity index (χ3n) is 7.71. The second-order valence-electron chi connectivity index (χ2n) is 9.27. The molecule has 0 radical (unpaired) electrons. The maximum atomic E-state index is 13.2. The number of allylic oxidation sites excluding steroid dienone is 2. The SMILES string of the molecule is O=C1[C@@H]2[C@H]3C=C[C@H]([C@@H]4C[C@@H]34)[C@@H]2C(=O)N1c1ccc(Oc2ccc3ccccc3c2)cc1. The molecule has 8 rings (SSSR count). The van der Waals surface area contributed by atoms with Crippen LogP contribution in [0.5, 0.6) is 11.5 Å². The third-order valence-corrected chi connectivity index (χ3v) is 7.71. The van der Waals surface area contributed by atoms with E-state index in [4.69, 9.17) is 4.74 Å². The fourth-order valence-electron chi connectivity index (χ4n) is 6.24. The lowest BCUT2D eigenvalue weighted by atomic mass is 9.63. The number of fused-ring (bicyclic) bond motifs is 1. The van der Waals surface area contributed by atoms with Gasteiger partial charge in [0.2, 0.25) is 11.8 Å². The predicted octanol–water partition coefficient (Wildman–Crippen LogP) is 5.19. The zero-order chi connectivity index (χ0) is 20.7. The topological polar surface area (TPSA) is 46.6 Å². The van der Waals surface area contributed by atoms with Crippen molar-refractivity contribution in [3.05, 3.63) is 78.9 Å². The summed E-state index contributed by atoms with van der Waals surface area (Å²) in [6.07, 6.45) is 5.58. The van der Waals surface area contributed by atoms with Crippen molar-refractivity contribution in [2.45, 2.75) is 6.42 Å². The Balaban J connectivity index is 1.15. The Bertz CT molecular complexity index is 1240. The first-order chi connectivity index (χ1) is 15.2. The molecule has 2 amide bonds. The van der Waals surface area contributed by atoms with Gasteiger partial charge in [-0.1, -0.05) is 42.5 Å². The number of hydrogen-bond donors (Lipinski definition) is 0. The molecule has 31 heavy (non-hydrogen) atoms. The molecule has 0 aromatic heterocycles. The summed E-state index contributed by atoms with van der Waals surface area (Å²) in [7, 11) is 0. The molecule has 1 saturated heterocycles. The lowest BCUT2D eigenvalue weighted by Gasteiger charge is -2.37. The van der Waals surface area contributed by atoms with Crippen LogP contribution < -0.4 is 9.64 Å². The second kappa shape index (κ2) is 6.07. The molecule has 1 aliphatic heterocycles. The number of anilines is 1. The van der Waals surface area contributed by atoms with Crippen LogP contribution in [0.4, 0.5) is 5.69 Å². The number of amides is 2. The largest absolute Gasteiger partial charge is 0.457 e. The van der Waals surface area contributed by atoms with Gasteiger partial charge >= 0.3 is 0 Å². The quantitative estimate of drug-likeness (QED) is 0.443. The molecule has 2 bridgehead atoms. The summed E-state index contributed by atoms with van der Waals surface area (Å²) in [4.78, 5) is 27.9. The molecule has 3 aromatic rings. The highest BCUT2D eigenvalue weighted by molar-refractivity contribution is 6.22. The van der Waals surface area contributed by atoms with Crippen molar-refractivity contribution in [1.82, 2.24) is 0 Å². The summed E-state index contributed by atoms with van der Waals surface area (Å²) in [6.45, 7) is 0. The average molecular weight is 407 g/mol. The first-order valence-corrected chi connectivity index (χ1v) is 11.0. The van der Waals surface area contributed by atoms with Crippen molar-refractivity contribution in [3.8, 4) is 11.5 Å². The molecule has 3 fully saturated rings. The van der Waals surface area contributed by atoms with E-state index in [0.29, 0.717) is 23.3 Å². The van der Waals surface area contributed by atoms with Crippen LogP contribution in [0.1, 0.15) is 6.42 Å². The van der Waals surface area contributed by atoms with Crippen molar-refractivity contribution in [2.24, 2.45) is 35.5 Å². The van der Waals surface area contributed by atoms with E-state index in [0.717, 1.165) is 11.1 Å². The van der Waals surface area contributed by atoms with Gasteiger partial charge in [0.15, 0.2) is 0 Å². The number of ether oxygens (including phenoxy) is 1. The van der Waals surface area contributed by atoms with Crippen LogP contribution >= 0.6 is 0 Å². The average Bonchev–Trinajstić information content (AvgIpc) is 3.58. The van der Waals surface area contributed by atoms with Crippen LogP contribution in [0.3, 0.4) is 0 Å². The van der Waals surface area contributed by atoms with Gasteiger partial charge in [0.1, 0.15) is 11.5 Å². The van der Waals surface area contributed by atoms with Gasteiger partial charge in [0.05, 0.1) is 17.5 Å². The Morgan fingerprint density at radius 2 is 1.32 bits per heavy atom. The van der Waals surface area contributed by atoms with Crippen molar-refractivity contribution in [1.29, 1.82) is 0 Å². The summed E-state index contributed by atoms with van der Waals surface area (Å²) < 4.78 is 6.02. The van der Waals surface area contributed by atoms with Crippen LogP contribution in [0.15, 0.2) is 78.9 Å². The van der Waals surface area contributed by atoms with Crippen molar-refractivity contribution >= 4 is 28.3 Å². The molecule has 1 heterocycles. The first kappa shape index (κ1) is 17.3. The number of hydrogen-bond acceptors (Lipinski definition) is 3. The highest BCUT2D eigenvalue weighted by Gasteiger charge is 2.67. The summed E-state index contributed by atoms with van der Waals surface area (Å²) in [5.74, 6) is 2.78. The first-order valence-electron chi connectivity index (χ1n) is 11.0. The Hall–Kier alpha value is -3.40. The monoisotopic (exact) mass is 407 g/mol. The number of imide groups is 1. The highest BCUT2D eigenvalue weighted by atomic mass is 16.5. The molecule has 0 spiro atoms. The molecule has 0 unspecified atom stereocenters. The molecular formula is C27H21NO3. The fourth-order valence-corrected chi connectivity index (χ4v) is 6.24. The Kier molecular flexibility index (Phi) is 3.39. The normalized spacial score (nSPS) is 32.3. The van der Waals surface area contributed by atoms with Crippen LogP contribution in [0.25, 0.3) is 10.8 Å². The Morgan fingerprint density at radius 3 is 2.00 bits per heavy atom. The summed E-state index contributed by atoms with van der Waals surface area (Å²) >= 11 is 0. The van der Waals surface area contributed by atoms with Gasteiger partial charge in [0, 0.05) is 0 Å². The summed E-state index contributed by atoms with van der Waals surface area (Å²) in [5, 5.41) is 2.28. The molecule has 152 valence electrons. The standard InChI is InChI=1S/C27H21NO3/c29-26-24-20-11-12-21(23-14-22(20)23)25(24)27(30)28(26)17-6-9-18(10-7-17)31-19-8-5-15-3-1-2-4-16(15)13-19/h1-13,20-25H,14H2/t20-,21+,22-,23-,24+,25-/m0/s1. The van der Waals surface area contributed by atoms with E-state index in [1.54, 1.807) is 0 Å². The smallest absolute Gasteiger partial charge is 0.238 e. The number of nitrogens with zero attached hydrogens (tertiary/aromatic N) is 1. The van der Waals surface area contributed by atoms with Crippen LogP contribution in [0, 0.1) is 35.5 Å².